The van der Waals surface area contributed by atoms with Crippen LogP contribution in [-0.4, -0.2) is 41.7 Å². The Kier molecular flexibility index (Phi) is 10.9. The lowest BCUT2D eigenvalue weighted by Crippen LogP contribution is -2.11. The molecule has 0 unspecified atom stereocenters. The Labute approximate surface area is 293 Å². The average molecular weight is 669 g/mol. The molecule has 0 atom stereocenters. The number of benzene rings is 6. The summed E-state index contributed by atoms with van der Waals surface area (Å²) in [6.07, 6.45) is 0. The maximum atomic E-state index is 6.05. The van der Waals surface area contributed by atoms with Crippen LogP contribution in [0.3, 0.4) is 0 Å². The summed E-state index contributed by atoms with van der Waals surface area (Å²) in [5.74, 6) is 4.59. The molecule has 0 bridgehead atoms. The molecule has 254 valence electrons. The summed E-state index contributed by atoms with van der Waals surface area (Å²) in [6, 6.07) is 47.8. The molecule has 0 aliphatic heterocycles. The maximum absolute atomic E-state index is 6.05. The average Bonchev–Trinajstić information content (AvgIpc) is 3.18. The third-order valence-electron chi connectivity index (χ3n) is 8.06. The Morgan fingerprint density at radius 2 is 0.600 bits per heavy atom. The minimum Gasteiger partial charge on any atom is -0.497 e. The third-order valence-corrected chi connectivity index (χ3v) is 8.06. The van der Waals surface area contributed by atoms with Gasteiger partial charge in [-0.2, -0.15) is 0 Å². The first-order chi connectivity index (χ1) is 24.6. The van der Waals surface area contributed by atoms with Crippen LogP contribution in [0.15, 0.2) is 146 Å². The van der Waals surface area contributed by atoms with E-state index in [1.165, 1.54) is 0 Å². The molecule has 8 heteroatoms. The third kappa shape index (κ3) is 8.05. The highest BCUT2D eigenvalue weighted by Crippen LogP contribution is 2.39. The van der Waals surface area contributed by atoms with Crippen LogP contribution in [0.25, 0.3) is 0 Å². The van der Waals surface area contributed by atoms with E-state index in [4.69, 9.17) is 28.4 Å². The van der Waals surface area contributed by atoms with Crippen molar-refractivity contribution in [1.29, 1.82) is 0 Å². The molecular formula is C42H40N2O6. The van der Waals surface area contributed by atoms with Crippen molar-refractivity contribution in [3.8, 4) is 34.5 Å². The van der Waals surface area contributed by atoms with Crippen molar-refractivity contribution in [2.24, 2.45) is 0 Å². The van der Waals surface area contributed by atoms with E-state index >= 15 is 0 Å². The zero-order valence-corrected chi connectivity index (χ0v) is 28.6. The van der Waals surface area contributed by atoms with E-state index in [1.54, 1.807) is 28.4 Å². The SMILES string of the molecule is COc1cccc(N(c2ccc(OCCOc3ccc(N(c4cccc(OC)c4)c4cccc(OC)c4)cc3)cc2)c2cccc(OC)c2)c1. The second-order valence-corrected chi connectivity index (χ2v) is 11.2. The van der Waals surface area contributed by atoms with Crippen LogP contribution in [0.5, 0.6) is 34.5 Å². The molecule has 6 aromatic rings. The standard InChI is InChI=1S/C42H40N2O6/c1-45-39-13-5-9-33(27-39)43(34-10-6-14-40(28-34)46-2)31-17-21-37(22-18-31)49-25-26-50-38-23-19-32(20-24-38)44(35-11-7-15-41(29-35)47-3)36-12-8-16-42(30-36)48-4/h5-24,27-30H,25-26H2,1-4H3. The van der Waals surface area contributed by atoms with E-state index in [1.807, 2.05) is 146 Å². The van der Waals surface area contributed by atoms with Gasteiger partial charge in [0.25, 0.3) is 0 Å². The maximum Gasteiger partial charge on any atom is 0.122 e. The number of nitrogens with zero attached hydrogens (tertiary/aromatic N) is 2. The Balaban J connectivity index is 1.11. The van der Waals surface area contributed by atoms with Gasteiger partial charge >= 0.3 is 0 Å². The molecule has 0 aromatic heterocycles. The molecule has 0 N–H and O–H groups in total. The van der Waals surface area contributed by atoms with Crippen molar-refractivity contribution in [3.05, 3.63) is 146 Å². The molecule has 0 amide bonds. The van der Waals surface area contributed by atoms with Gasteiger partial charge in [0.05, 0.1) is 28.4 Å². The van der Waals surface area contributed by atoms with Crippen LogP contribution in [0.4, 0.5) is 34.1 Å². The van der Waals surface area contributed by atoms with E-state index in [-0.39, 0.29) is 0 Å². The molecule has 0 radical (unpaired) electrons. The fourth-order valence-electron chi connectivity index (χ4n) is 5.59. The molecule has 0 fully saturated rings. The van der Waals surface area contributed by atoms with Gasteiger partial charge in [-0.25, -0.2) is 0 Å². The van der Waals surface area contributed by atoms with Crippen molar-refractivity contribution < 1.29 is 28.4 Å². The van der Waals surface area contributed by atoms with Crippen LogP contribution in [0, 0.1) is 0 Å². The van der Waals surface area contributed by atoms with Crippen molar-refractivity contribution in [1.82, 2.24) is 0 Å². The smallest absolute Gasteiger partial charge is 0.122 e. The molecular weight excluding hydrogens is 628 g/mol. The monoisotopic (exact) mass is 668 g/mol. The molecule has 6 aromatic carbocycles. The van der Waals surface area contributed by atoms with Crippen molar-refractivity contribution in [2.45, 2.75) is 0 Å². The summed E-state index contributed by atoms with van der Waals surface area (Å²) in [4.78, 5) is 4.29. The predicted molar refractivity (Wildman–Crippen MR) is 199 cm³/mol. The summed E-state index contributed by atoms with van der Waals surface area (Å²) >= 11 is 0. The molecule has 0 heterocycles. The number of rotatable bonds is 15. The molecule has 0 saturated carbocycles. The second kappa shape index (κ2) is 16.2. The highest BCUT2D eigenvalue weighted by atomic mass is 16.5. The topological polar surface area (TPSA) is 61.9 Å². The molecule has 6 rings (SSSR count). The quantitative estimate of drug-likeness (QED) is 0.100. The van der Waals surface area contributed by atoms with Crippen molar-refractivity contribution >= 4 is 34.1 Å². The van der Waals surface area contributed by atoms with E-state index < -0.39 is 0 Å². The Bertz CT molecular complexity index is 1740. The molecule has 50 heavy (non-hydrogen) atoms. The van der Waals surface area contributed by atoms with Crippen LogP contribution < -0.4 is 38.2 Å². The van der Waals surface area contributed by atoms with E-state index in [9.17, 15) is 0 Å². The normalized spacial score (nSPS) is 10.6. The van der Waals surface area contributed by atoms with Gasteiger partial charge in [-0.3, -0.25) is 0 Å². The van der Waals surface area contributed by atoms with Crippen molar-refractivity contribution in [3.63, 3.8) is 0 Å². The van der Waals surface area contributed by atoms with Gasteiger partial charge in [0.2, 0.25) is 0 Å². The Morgan fingerprint density at radius 1 is 0.320 bits per heavy atom. The summed E-state index contributed by atoms with van der Waals surface area (Å²) < 4.78 is 34.1. The molecule has 8 nitrogen and oxygen atoms in total. The van der Waals surface area contributed by atoms with Gasteiger partial charge in [0.1, 0.15) is 47.7 Å². The van der Waals surface area contributed by atoms with Crippen LogP contribution in [0.1, 0.15) is 0 Å². The number of hydrogen-bond donors (Lipinski definition) is 0. The highest BCUT2D eigenvalue weighted by Gasteiger charge is 2.16. The lowest BCUT2D eigenvalue weighted by Gasteiger charge is -2.26. The molecule has 0 saturated heterocycles. The lowest BCUT2D eigenvalue weighted by molar-refractivity contribution is 0.217. The molecule has 0 aliphatic carbocycles. The van der Waals surface area contributed by atoms with Gasteiger partial charge in [0, 0.05) is 58.4 Å². The number of anilines is 6. The van der Waals surface area contributed by atoms with Gasteiger partial charge in [-0.15, -0.1) is 0 Å². The van der Waals surface area contributed by atoms with E-state index in [2.05, 4.69) is 9.80 Å². The van der Waals surface area contributed by atoms with Crippen LogP contribution in [-0.2, 0) is 0 Å². The second-order valence-electron chi connectivity index (χ2n) is 11.2. The van der Waals surface area contributed by atoms with Gasteiger partial charge in [0.15, 0.2) is 0 Å². The molecule has 0 aliphatic rings. The molecule has 0 spiro atoms. The Hall–Kier alpha value is -6.28. The summed E-state index contributed by atoms with van der Waals surface area (Å²) in [5.41, 5.74) is 5.77. The number of hydrogen-bond acceptors (Lipinski definition) is 8. The van der Waals surface area contributed by atoms with Crippen molar-refractivity contribution in [2.75, 3.05) is 51.5 Å². The van der Waals surface area contributed by atoms with Crippen LogP contribution in [0.2, 0.25) is 0 Å². The lowest BCUT2D eigenvalue weighted by atomic mass is 10.1. The predicted octanol–water partition coefficient (Wildman–Crippen LogP) is 10.1. The van der Waals surface area contributed by atoms with E-state index in [0.717, 1.165) is 68.6 Å². The number of ether oxygens (including phenoxy) is 6. The largest absolute Gasteiger partial charge is 0.497 e. The van der Waals surface area contributed by atoms with Gasteiger partial charge in [-0.1, -0.05) is 24.3 Å². The number of methoxy groups -OCH3 is 4. The minimum atomic E-state index is 0.385. The highest BCUT2D eigenvalue weighted by molar-refractivity contribution is 5.79. The van der Waals surface area contributed by atoms with Crippen LogP contribution >= 0.6 is 0 Å². The van der Waals surface area contributed by atoms with E-state index in [0.29, 0.717) is 13.2 Å². The fourth-order valence-corrected chi connectivity index (χ4v) is 5.59. The Morgan fingerprint density at radius 3 is 0.860 bits per heavy atom. The summed E-state index contributed by atoms with van der Waals surface area (Å²) in [5, 5.41) is 0. The van der Waals surface area contributed by atoms with Gasteiger partial charge in [-0.05, 0) is 97.1 Å². The summed E-state index contributed by atoms with van der Waals surface area (Å²) in [7, 11) is 6.67. The zero-order chi connectivity index (χ0) is 34.7. The summed E-state index contributed by atoms with van der Waals surface area (Å²) in [6.45, 7) is 0.770. The fraction of sp³-hybridized carbons (Fsp3) is 0.143. The first kappa shape index (κ1) is 33.6. The first-order valence-electron chi connectivity index (χ1n) is 16.2. The zero-order valence-electron chi connectivity index (χ0n) is 28.6. The van der Waals surface area contributed by atoms with Gasteiger partial charge < -0.3 is 38.2 Å². The minimum absolute atomic E-state index is 0.385. The first-order valence-corrected chi connectivity index (χ1v) is 16.2.